The van der Waals surface area contributed by atoms with Crippen molar-refractivity contribution in [1.29, 1.82) is 0 Å². The quantitative estimate of drug-likeness (QED) is 0.528. The van der Waals surface area contributed by atoms with Gasteiger partial charge in [0.25, 0.3) is 0 Å². The van der Waals surface area contributed by atoms with Gasteiger partial charge in [0.1, 0.15) is 0 Å². The standard InChI is InChI=1S/C11H16/c1-5-7-8-11(6-2)9(3)10(11)4/h1,7-10H,6H2,2-4H3. The van der Waals surface area contributed by atoms with Gasteiger partial charge in [0.05, 0.1) is 0 Å². The van der Waals surface area contributed by atoms with E-state index in [0.29, 0.717) is 5.41 Å². The summed E-state index contributed by atoms with van der Waals surface area (Å²) in [6, 6.07) is 0. The minimum Gasteiger partial charge on any atom is -0.115 e. The molecule has 2 atom stereocenters. The number of rotatable bonds is 2. The van der Waals surface area contributed by atoms with Crippen LogP contribution >= 0.6 is 0 Å². The highest BCUT2D eigenvalue weighted by Crippen LogP contribution is 2.61. The third-order valence-corrected chi connectivity index (χ3v) is 3.44. The summed E-state index contributed by atoms with van der Waals surface area (Å²) in [4.78, 5) is 0. The van der Waals surface area contributed by atoms with Gasteiger partial charge in [0, 0.05) is 0 Å². The average molecular weight is 148 g/mol. The van der Waals surface area contributed by atoms with E-state index in [4.69, 9.17) is 6.42 Å². The first-order valence-electron chi connectivity index (χ1n) is 4.33. The van der Waals surface area contributed by atoms with Gasteiger partial charge in [-0.1, -0.05) is 32.8 Å². The van der Waals surface area contributed by atoms with Crippen LogP contribution in [0.4, 0.5) is 0 Å². The third-order valence-electron chi connectivity index (χ3n) is 3.44. The molecule has 0 bridgehead atoms. The maximum absolute atomic E-state index is 5.17. The van der Waals surface area contributed by atoms with Crippen LogP contribution in [0.25, 0.3) is 0 Å². The van der Waals surface area contributed by atoms with Crippen LogP contribution < -0.4 is 0 Å². The highest BCUT2D eigenvalue weighted by atomic mass is 14.6. The predicted octanol–water partition coefficient (Wildman–Crippen LogP) is 2.86. The highest BCUT2D eigenvalue weighted by Gasteiger charge is 2.55. The van der Waals surface area contributed by atoms with Crippen molar-refractivity contribution in [1.82, 2.24) is 0 Å². The summed E-state index contributed by atoms with van der Waals surface area (Å²) in [5.41, 5.74) is 0.437. The Balaban J connectivity index is 2.68. The van der Waals surface area contributed by atoms with Gasteiger partial charge in [-0.05, 0) is 29.7 Å². The maximum atomic E-state index is 5.17. The SMILES string of the molecule is C#CC=CC1(CC)C(C)C1C. The molecule has 0 aromatic heterocycles. The zero-order valence-electron chi connectivity index (χ0n) is 7.59. The molecular formula is C11H16. The van der Waals surface area contributed by atoms with Crippen molar-refractivity contribution >= 4 is 0 Å². The first kappa shape index (κ1) is 8.40. The predicted molar refractivity (Wildman–Crippen MR) is 49.0 cm³/mol. The minimum absolute atomic E-state index is 0.437. The van der Waals surface area contributed by atoms with Gasteiger partial charge in [-0.15, -0.1) is 6.42 Å². The lowest BCUT2D eigenvalue weighted by molar-refractivity contribution is 0.544. The second kappa shape index (κ2) is 2.74. The zero-order chi connectivity index (χ0) is 8.48. The van der Waals surface area contributed by atoms with Crippen LogP contribution in [0.3, 0.4) is 0 Å². The third kappa shape index (κ3) is 1.09. The van der Waals surface area contributed by atoms with E-state index in [1.807, 2.05) is 6.08 Å². The first-order chi connectivity index (χ1) is 5.19. The molecule has 0 amide bonds. The van der Waals surface area contributed by atoms with E-state index in [0.717, 1.165) is 11.8 Å². The summed E-state index contributed by atoms with van der Waals surface area (Å²) >= 11 is 0. The molecule has 0 heteroatoms. The van der Waals surface area contributed by atoms with Crippen molar-refractivity contribution in [2.45, 2.75) is 27.2 Å². The van der Waals surface area contributed by atoms with Gasteiger partial charge in [-0.3, -0.25) is 0 Å². The summed E-state index contributed by atoms with van der Waals surface area (Å²) in [5, 5.41) is 0. The lowest BCUT2D eigenvalue weighted by Gasteiger charge is -2.06. The molecule has 2 unspecified atom stereocenters. The molecule has 0 saturated heterocycles. The van der Waals surface area contributed by atoms with Crippen LogP contribution in [0.15, 0.2) is 12.2 Å². The Bertz CT molecular complexity index is 197. The highest BCUT2D eigenvalue weighted by molar-refractivity contribution is 5.22. The lowest BCUT2D eigenvalue weighted by Crippen LogP contribution is -1.97. The van der Waals surface area contributed by atoms with Crippen LogP contribution in [0.1, 0.15) is 27.2 Å². The molecule has 1 aliphatic rings. The summed E-state index contributed by atoms with van der Waals surface area (Å²) in [7, 11) is 0. The summed E-state index contributed by atoms with van der Waals surface area (Å²) < 4.78 is 0. The second-order valence-corrected chi connectivity index (χ2v) is 3.54. The molecule has 0 aromatic carbocycles. The second-order valence-electron chi connectivity index (χ2n) is 3.54. The lowest BCUT2D eigenvalue weighted by atomic mass is 9.98. The zero-order valence-corrected chi connectivity index (χ0v) is 7.59. The Labute approximate surface area is 69.7 Å². The largest absolute Gasteiger partial charge is 0.115 e. The molecule has 0 radical (unpaired) electrons. The maximum Gasteiger partial charge on any atom is -0.00545 e. The smallest absolute Gasteiger partial charge is 0.00545 e. The van der Waals surface area contributed by atoms with E-state index in [1.54, 1.807) is 0 Å². The molecule has 11 heavy (non-hydrogen) atoms. The van der Waals surface area contributed by atoms with Gasteiger partial charge < -0.3 is 0 Å². The molecule has 0 aliphatic heterocycles. The molecule has 60 valence electrons. The Hall–Kier alpha value is -0.700. The molecular weight excluding hydrogens is 132 g/mol. The molecule has 0 heterocycles. The summed E-state index contributed by atoms with van der Waals surface area (Å²) in [5.74, 6) is 4.19. The van der Waals surface area contributed by atoms with E-state index >= 15 is 0 Å². The minimum atomic E-state index is 0.437. The molecule has 1 saturated carbocycles. The topological polar surface area (TPSA) is 0 Å². The summed E-state index contributed by atoms with van der Waals surface area (Å²) in [6.45, 7) is 6.84. The molecule has 0 N–H and O–H groups in total. The molecule has 1 aliphatic carbocycles. The fourth-order valence-corrected chi connectivity index (χ4v) is 2.16. The van der Waals surface area contributed by atoms with Gasteiger partial charge in [0.15, 0.2) is 0 Å². The van der Waals surface area contributed by atoms with E-state index in [2.05, 4.69) is 32.8 Å². The van der Waals surface area contributed by atoms with Crippen molar-refractivity contribution in [2.75, 3.05) is 0 Å². The van der Waals surface area contributed by atoms with Gasteiger partial charge in [0.2, 0.25) is 0 Å². The van der Waals surface area contributed by atoms with Crippen LogP contribution in [-0.2, 0) is 0 Å². The van der Waals surface area contributed by atoms with Crippen LogP contribution in [0, 0.1) is 29.6 Å². The Morgan fingerprint density at radius 1 is 1.45 bits per heavy atom. The molecule has 0 aromatic rings. The van der Waals surface area contributed by atoms with E-state index in [9.17, 15) is 0 Å². The van der Waals surface area contributed by atoms with E-state index in [1.165, 1.54) is 6.42 Å². The monoisotopic (exact) mass is 148 g/mol. The van der Waals surface area contributed by atoms with Gasteiger partial charge in [-0.25, -0.2) is 0 Å². The molecule has 1 fully saturated rings. The van der Waals surface area contributed by atoms with Gasteiger partial charge in [-0.2, -0.15) is 0 Å². The fourth-order valence-electron chi connectivity index (χ4n) is 2.16. The van der Waals surface area contributed by atoms with Gasteiger partial charge >= 0.3 is 0 Å². The van der Waals surface area contributed by atoms with Crippen LogP contribution in [-0.4, -0.2) is 0 Å². The van der Waals surface area contributed by atoms with Crippen LogP contribution in [0.5, 0.6) is 0 Å². The normalized spacial score (nSPS) is 42.4. The van der Waals surface area contributed by atoms with Crippen molar-refractivity contribution in [3.8, 4) is 12.3 Å². The van der Waals surface area contributed by atoms with Crippen molar-refractivity contribution in [3.05, 3.63) is 12.2 Å². The van der Waals surface area contributed by atoms with Crippen molar-refractivity contribution in [3.63, 3.8) is 0 Å². The fraction of sp³-hybridized carbons (Fsp3) is 0.636. The Morgan fingerprint density at radius 2 is 2.00 bits per heavy atom. The summed E-state index contributed by atoms with van der Waals surface area (Å²) in [6.07, 6.45) is 10.4. The van der Waals surface area contributed by atoms with E-state index < -0.39 is 0 Å². The molecule has 0 spiro atoms. The first-order valence-corrected chi connectivity index (χ1v) is 4.33. The number of hydrogen-bond donors (Lipinski definition) is 0. The molecule has 1 rings (SSSR count). The Morgan fingerprint density at radius 3 is 2.27 bits per heavy atom. The van der Waals surface area contributed by atoms with Crippen LogP contribution in [0.2, 0.25) is 0 Å². The average Bonchev–Trinajstić information content (AvgIpc) is 2.54. The Kier molecular flexibility index (Phi) is 2.09. The molecule has 0 nitrogen and oxygen atoms in total. The van der Waals surface area contributed by atoms with Crippen molar-refractivity contribution < 1.29 is 0 Å². The van der Waals surface area contributed by atoms with Crippen molar-refractivity contribution in [2.24, 2.45) is 17.3 Å². The number of allylic oxidation sites excluding steroid dienone is 2. The van der Waals surface area contributed by atoms with E-state index in [-0.39, 0.29) is 0 Å². The number of hydrogen-bond acceptors (Lipinski definition) is 0. The number of terminal acetylenes is 1.